The van der Waals surface area contributed by atoms with Gasteiger partial charge in [0.1, 0.15) is 5.00 Å². The number of carbonyl (C=O) groups is 1. The number of anilines is 1. The standard InChI is InChI=1S/C17H15N3O3S/c18-16(21)14-13-11-5-2-6-12(11)15(13)24-17(14)19-8-9-3-1-4-10(7-9)20(22)23/h1,3-5,7,12,19H,2,6,8H2,(H2,18,21). The zero-order valence-corrected chi connectivity index (χ0v) is 13.6. The van der Waals surface area contributed by atoms with E-state index in [-0.39, 0.29) is 5.69 Å². The molecule has 24 heavy (non-hydrogen) atoms. The molecule has 0 fully saturated rings. The van der Waals surface area contributed by atoms with Crippen LogP contribution in [0.5, 0.6) is 0 Å². The molecule has 2 aromatic rings. The Morgan fingerprint density at radius 1 is 1.46 bits per heavy atom. The van der Waals surface area contributed by atoms with Gasteiger partial charge in [0.15, 0.2) is 0 Å². The molecule has 1 aromatic heterocycles. The van der Waals surface area contributed by atoms with E-state index in [0.29, 0.717) is 18.0 Å². The number of thiophene rings is 1. The van der Waals surface area contributed by atoms with E-state index in [9.17, 15) is 14.9 Å². The predicted octanol–water partition coefficient (Wildman–Crippen LogP) is 3.64. The maximum atomic E-state index is 11.9. The molecule has 1 aromatic carbocycles. The number of fused-ring (bicyclic) bond motifs is 4. The number of amides is 1. The lowest BCUT2D eigenvalue weighted by Crippen LogP contribution is -2.18. The van der Waals surface area contributed by atoms with Gasteiger partial charge >= 0.3 is 0 Å². The molecule has 1 heterocycles. The number of rotatable bonds is 5. The van der Waals surface area contributed by atoms with Crippen molar-refractivity contribution in [2.24, 2.45) is 5.73 Å². The third kappa shape index (κ3) is 2.20. The summed E-state index contributed by atoms with van der Waals surface area (Å²) in [5.74, 6) is 0.0248. The Morgan fingerprint density at radius 2 is 2.29 bits per heavy atom. The van der Waals surface area contributed by atoms with Crippen molar-refractivity contribution in [1.82, 2.24) is 0 Å². The van der Waals surface area contributed by atoms with Crippen molar-refractivity contribution in [3.8, 4) is 0 Å². The van der Waals surface area contributed by atoms with Gasteiger partial charge < -0.3 is 11.1 Å². The van der Waals surface area contributed by atoms with Crippen LogP contribution in [-0.4, -0.2) is 10.8 Å². The first-order chi connectivity index (χ1) is 11.6. The van der Waals surface area contributed by atoms with Crippen molar-refractivity contribution >= 4 is 33.5 Å². The zero-order chi connectivity index (χ0) is 16.8. The van der Waals surface area contributed by atoms with Crippen molar-refractivity contribution in [3.63, 3.8) is 0 Å². The van der Waals surface area contributed by atoms with E-state index >= 15 is 0 Å². The number of benzene rings is 1. The van der Waals surface area contributed by atoms with Crippen LogP contribution >= 0.6 is 11.3 Å². The minimum absolute atomic E-state index is 0.0565. The van der Waals surface area contributed by atoms with E-state index < -0.39 is 10.8 Å². The molecule has 0 aliphatic heterocycles. The lowest BCUT2D eigenvalue weighted by molar-refractivity contribution is -0.384. The average molecular weight is 341 g/mol. The van der Waals surface area contributed by atoms with Crippen molar-refractivity contribution in [2.45, 2.75) is 25.3 Å². The van der Waals surface area contributed by atoms with Gasteiger partial charge in [0.25, 0.3) is 11.6 Å². The molecule has 0 saturated heterocycles. The highest BCUT2D eigenvalue weighted by molar-refractivity contribution is 7.17. The Labute approximate surface area is 142 Å². The minimum atomic E-state index is -0.430. The number of nitro benzene ring substituents is 1. The fourth-order valence-electron chi connectivity index (χ4n) is 3.48. The Morgan fingerprint density at radius 3 is 3.04 bits per heavy atom. The van der Waals surface area contributed by atoms with Gasteiger partial charge in [0.05, 0.1) is 10.5 Å². The molecule has 0 radical (unpaired) electrons. The quantitative estimate of drug-likeness (QED) is 0.640. The first-order valence-electron chi connectivity index (χ1n) is 7.70. The van der Waals surface area contributed by atoms with Gasteiger partial charge in [-0.25, -0.2) is 0 Å². The fourth-order valence-corrected chi connectivity index (χ4v) is 4.85. The van der Waals surface area contributed by atoms with Gasteiger partial charge in [-0.1, -0.05) is 18.2 Å². The van der Waals surface area contributed by atoms with Crippen LogP contribution in [0, 0.1) is 10.1 Å². The molecule has 0 bridgehead atoms. The molecule has 1 unspecified atom stereocenters. The third-order valence-corrected chi connectivity index (χ3v) is 5.82. The fraction of sp³-hybridized carbons (Fsp3) is 0.235. The number of carbonyl (C=O) groups excluding carboxylic acids is 1. The van der Waals surface area contributed by atoms with Crippen LogP contribution in [0.1, 0.15) is 45.1 Å². The van der Waals surface area contributed by atoms with Gasteiger partial charge in [0, 0.05) is 35.0 Å². The topological polar surface area (TPSA) is 98.3 Å². The molecule has 122 valence electrons. The van der Waals surface area contributed by atoms with E-state index in [2.05, 4.69) is 11.4 Å². The summed E-state index contributed by atoms with van der Waals surface area (Å²) in [7, 11) is 0. The number of hydrogen-bond donors (Lipinski definition) is 2. The van der Waals surface area contributed by atoms with Gasteiger partial charge in [-0.05, 0) is 24.0 Å². The maximum Gasteiger partial charge on any atom is 0.269 e. The summed E-state index contributed by atoms with van der Waals surface area (Å²) < 4.78 is 0. The smallest absolute Gasteiger partial charge is 0.269 e. The summed E-state index contributed by atoms with van der Waals surface area (Å²) in [6.45, 7) is 0.408. The summed E-state index contributed by atoms with van der Waals surface area (Å²) in [6, 6.07) is 6.46. The summed E-state index contributed by atoms with van der Waals surface area (Å²) in [4.78, 5) is 23.6. The molecule has 0 saturated carbocycles. The number of nitrogens with two attached hydrogens (primary N) is 1. The molecule has 7 heteroatoms. The summed E-state index contributed by atoms with van der Waals surface area (Å²) in [6.07, 6.45) is 4.35. The lowest BCUT2D eigenvalue weighted by Gasteiger charge is -2.26. The van der Waals surface area contributed by atoms with Crippen LogP contribution in [0.25, 0.3) is 5.57 Å². The molecule has 0 spiro atoms. The van der Waals surface area contributed by atoms with Crippen LogP contribution < -0.4 is 11.1 Å². The SMILES string of the molecule is NC(=O)c1c(NCc2cccc([N+](=O)[O-])c2)sc2c1C1=CCCC12. The first-order valence-corrected chi connectivity index (χ1v) is 8.52. The Balaban J connectivity index is 1.61. The van der Waals surface area contributed by atoms with Gasteiger partial charge in [-0.15, -0.1) is 11.3 Å². The van der Waals surface area contributed by atoms with Crippen molar-refractivity contribution in [2.75, 3.05) is 5.32 Å². The van der Waals surface area contributed by atoms with Gasteiger partial charge in [-0.3, -0.25) is 14.9 Å². The number of nitrogens with one attached hydrogen (secondary N) is 1. The number of primary amides is 1. The van der Waals surface area contributed by atoms with Crippen LogP contribution in [-0.2, 0) is 6.54 Å². The molecule has 1 amide bonds. The Hall–Kier alpha value is -2.67. The second-order valence-electron chi connectivity index (χ2n) is 5.98. The van der Waals surface area contributed by atoms with Crippen LogP contribution in [0.2, 0.25) is 0 Å². The molecular weight excluding hydrogens is 326 g/mol. The van der Waals surface area contributed by atoms with Crippen molar-refractivity contribution in [3.05, 3.63) is 62.0 Å². The van der Waals surface area contributed by atoms with E-state index in [1.54, 1.807) is 17.4 Å². The van der Waals surface area contributed by atoms with E-state index in [1.807, 2.05) is 6.07 Å². The second kappa shape index (κ2) is 5.45. The number of non-ortho nitro benzene ring substituents is 1. The number of allylic oxidation sites excluding steroid dienone is 2. The van der Waals surface area contributed by atoms with Crippen LogP contribution in [0.3, 0.4) is 0 Å². The highest BCUT2D eigenvalue weighted by atomic mass is 32.1. The molecular formula is C17H15N3O3S. The summed E-state index contributed by atoms with van der Waals surface area (Å²) in [5, 5.41) is 14.9. The van der Waals surface area contributed by atoms with Crippen molar-refractivity contribution < 1.29 is 9.72 Å². The predicted molar refractivity (Wildman–Crippen MR) is 93.2 cm³/mol. The normalized spacial score (nSPS) is 17.5. The molecule has 1 atom stereocenters. The van der Waals surface area contributed by atoms with E-state index in [1.165, 1.54) is 22.6 Å². The molecule has 3 N–H and O–H groups in total. The van der Waals surface area contributed by atoms with Crippen LogP contribution in [0.15, 0.2) is 30.3 Å². The summed E-state index contributed by atoms with van der Waals surface area (Å²) >= 11 is 1.58. The third-order valence-electron chi connectivity index (χ3n) is 4.56. The maximum absolute atomic E-state index is 11.9. The Bertz CT molecular complexity index is 900. The molecule has 2 aliphatic carbocycles. The van der Waals surface area contributed by atoms with Gasteiger partial charge in [0.2, 0.25) is 0 Å². The van der Waals surface area contributed by atoms with Crippen molar-refractivity contribution in [1.29, 1.82) is 0 Å². The Kier molecular flexibility index (Phi) is 3.38. The van der Waals surface area contributed by atoms with E-state index in [4.69, 9.17) is 5.73 Å². The van der Waals surface area contributed by atoms with Gasteiger partial charge in [-0.2, -0.15) is 0 Å². The lowest BCUT2D eigenvalue weighted by atomic mass is 9.79. The number of hydrogen-bond acceptors (Lipinski definition) is 5. The van der Waals surface area contributed by atoms with E-state index in [0.717, 1.165) is 29.0 Å². The minimum Gasteiger partial charge on any atom is -0.372 e. The molecule has 2 aliphatic rings. The molecule has 4 rings (SSSR count). The molecule has 6 nitrogen and oxygen atoms in total. The zero-order valence-electron chi connectivity index (χ0n) is 12.7. The largest absolute Gasteiger partial charge is 0.372 e. The highest BCUT2D eigenvalue weighted by Gasteiger charge is 2.41. The average Bonchev–Trinajstić information content (AvgIpc) is 3.10. The first kappa shape index (κ1) is 14.9. The highest BCUT2D eigenvalue weighted by Crippen LogP contribution is 2.59. The number of nitrogens with zero attached hydrogens (tertiary/aromatic N) is 1. The summed E-state index contributed by atoms with van der Waals surface area (Å²) in [5.41, 5.74) is 9.25. The van der Waals surface area contributed by atoms with Crippen LogP contribution in [0.4, 0.5) is 10.7 Å². The second-order valence-corrected chi connectivity index (χ2v) is 7.03. The monoisotopic (exact) mass is 341 g/mol. The number of nitro groups is 1.